The number of thiophene rings is 1. The van der Waals surface area contributed by atoms with Crippen molar-refractivity contribution in [2.75, 3.05) is 0 Å². The molecule has 0 radical (unpaired) electrons. The number of fused-ring (bicyclic) bond motifs is 3. The lowest BCUT2D eigenvalue weighted by Crippen LogP contribution is -2.31. The van der Waals surface area contributed by atoms with Gasteiger partial charge in [-0.15, -0.1) is 11.3 Å². The summed E-state index contributed by atoms with van der Waals surface area (Å²) in [5, 5.41) is 4.42. The highest BCUT2D eigenvalue weighted by atomic mass is 32.1. The van der Waals surface area contributed by atoms with Gasteiger partial charge in [-0.05, 0) is 51.0 Å². The summed E-state index contributed by atoms with van der Waals surface area (Å²) in [5.74, 6) is 0.931. The quantitative estimate of drug-likeness (QED) is 0.921. The topological polar surface area (TPSA) is 46.9 Å². The first kappa shape index (κ1) is 14.4. The van der Waals surface area contributed by atoms with Crippen molar-refractivity contribution in [3.05, 3.63) is 26.6 Å². The summed E-state index contributed by atoms with van der Waals surface area (Å²) < 4.78 is 1.99. The maximum absolute atomic E-state index is 13.1. The van der Waals surface area contributed by atoms with Gasteiger partial charge < -0.3 is 5.32 Å². The number of hydrogen-bond acceptors (Lipinski definition) is 4. The molecule has 1 atom stereocenters. The third kappa shape index (κ3) is 2.31. The number of nitrogens with one attached hydrogen (secondary N) is 1. The van der Waals surface area contributed by atoms with Crippen LogP contribution in [0.4, 0.5) is 0 Å². The maximum Gasteiger partial charge on any atom is 0.262 e. The summed E-state index contributed by atoms with van der Waals surface area (Å²) in [4.78, 5) is 20.3. The van der Waals surface area contributed by atoms with Crippen molar-refractivity contribution in [3.63, 3.8) is 0 Å². The van der Waals surface area contributed by atoms with E-state index in [1.54, 1.807) is 11.3 Å². The normalized spacial score (nSPS) is 18.8. The molecule has 2 heterocycles. The largest absolute Gasteiger partial charge is 0.307 e. The molecule has 0 saturated heterocycles. The Kier molecular flexibility index (Phi) is 3.57. The third-order valence-electron chi connectivity index (χ3n) is 4.98. The lowest BCUT2D eigenvalue weighted by molar-refractivity contribution is 0.501. The van der Waals surface area contributed by atoms with Gasteiger partial charge in [0.2, 0.25) is 0 Å². The number of aryl methyl sites for hydroxylation is 2. The predicted octanol–water partition coefficient (Wildman–Crippen LogP) is 3.17. The zero-order valence-corrected chi connectivity index (χ0v) is 14.1. The average molecular weight is 317 g/mol. The standard InChI is InChI=1S/C17H23N3OS/c1-3-10(2)18-9-14-19-16-15(12-5-4-6-13(12)22-16)17(21)20(14)11-7-8-11/h10-11,18H,3-9H2,1-2H3. The fourth-order valence-corrected chi connectivity index (χ4v) is 4.61. The minimum atomic E-state index is 0.216. The van der Waals surface area contributed by atoms with E-state index in [4.69, 9.17) is 4.98 Å². The SMILES string of the molecule is CCC(C)NCc1nc2sc3c(c2c(=O)n1C1CC1)CCC3. The molecule has 1 fully saturated rings. The van der Waals surface area contributed by atoms with Crippen molar-refractivity contribution in [2.24, 2.45) is 0 Å². The molecule has 1 saturated carbocycles. The van der Waals surface area contributed by atoms with Gasteiger partial charge in [-0.3, -0.25) is 9.36 Å². The summed E-state index contributed by atoms with van der Waals surface area (Å²) in [6.45, 7) is 5.04. The van der Waals surface area contributed by atoms with Gasteiger partial charge in [0.15, 0.2) is 0 Å². The van der Waals surface area contributed by atoms with Crippen LogP contribution >= 0.6 is 11.3 Å². The van der Waals surface area contributed by atoms with Crippen molar-refractivity contribution in [3.8, 4) is 0 Å². The molecule has 1 N–H and O–H groups in total. The predicted molar refractivity (Wildman–Crippen MR) is 90.8 cm³/mol. The highest BCUT2D eigenvalue weighted by Crippen LogP contribution is 2.38. The van der Waals surface area contributed by atoms with Crippen LogP contribution in [-0.2, 0) is 19.4 Å². The molecule has 118 valence electrons. The van der Waals surface area contributed by atoms with E-state index in [0.29, 0.717) is 18.6 Å². The summed E-state index contributed by atoms with van der Waals surface area (Å²) in [6.07, 6.45) is 6.70. The Labute approximate surface area is 134 Å². The molecule has 22 heavy (non-hydrogen) atoms. The fourth-order valence-electron chi connectivity index (χ4n) is 3.34. The lowest BCUT2D eigenvalue weighted by atomic mass is 10.2. The highest BCUT2D eigenvalue weighted by Gasteiger charge is 2.30. The van der Waals surface area contributed by atoms with Crippen LogP contribution in [0.25, 0.3) is 10.2 Å². The Morgan fingerprint density at radius 1 is 1.41 bits per heavy atom. The van der Waals surface area contributed by atoms with Crippen molar-refractivity contribution < 1.29 is 0 Å². The van der Waals surface area contributed by atoms with E-state index in [2.05, 4.69) is 19.2 Å². The molecule has 4 nitrogen and oxygen atoms in total. The van der Waals surface area contributed by atoms with E-state index < -0.39 is 0 Å². The maximum atomic E-state index is 13.1. The Balaban J connectivity index is 1.82. The van der Waals surface area contributed by atoms with Crippen molar-refractivity contribution >= 4 is 21.6 Å². The Morgan fingerprint density at radius 2 is 2.23 bits per heavy atom. The molecular formula is C17H23N3OS. The summed E-state index contributed by atoms with van der Waals surface area (Å²) >= 11 is 1.74. The Hall–Kier alpha value is -1.20. The zero-order chi connectivity index (χ0) is 15.3. The van der Waals surface area contributed by atoms with Gasteiger partial charge in [0.1, 0.15) is 10.7 Å². The number of aromatic nitrogens is 2. The Morgan fingerprint density at radius 3 is 2.95 bits per heavy atom. The van der Waals surface area contributed by atoms with Crippen LogP contribution in [0.3, 0.4) is 0 Å². The van der Waals surface area contributed by atoms with Crippen molar-refractivity contribution in [1.29, 1.82) is 0 Å². The van der Waals surface area contributed by atoms with Gasteiger partial charge in [-0.2, -0.15) is 0 Å². The van der Waals surface area contributed by atoms with Crippen LogP contribution in [0.15, 0.2) is 4.79 Å². The van der Waals surface area contributed by atoms with E-state index >= 15 is 0 Å². The fraction of sp³-hybridized carbons (Fsp3) is 0.647. The molecule has 0 aliphatic heterocycles. The molecular weight excluding hydrogens is 294 g/mol. The summed E-state index contributed by atoms with van der Waals surface area (Å²) in [7, 11) is 0. The highest BCUT2D eigenvalue weighted by molar-refractivity contribution is 7.18. The van der Waals surface area contributed by atoms with E-state index in [9.17, 15) is 4.79 Å². The van der Waals surface area contributed by atoms with Gasteiger partial charge in [0, 0.05) is 17.0 Å². The molecule has 2 aromatic rings. The first-order valence-electron chi connectivity index (χ1n) is 8.48. The number of nitrogens with zero attached hydrogens (tertiary/aromatic N) is 2. The molecule has 2 aliphatic carbocycles. The van der Waals surface area contributed by atoms with Crippen LogP contribution in [-0.4, -0.2) is 15.6 Å². The Bertz CT molecular complexity index is 772. The monoisotopic (exact) mass is 317 g/mol. The van der Waals surface area contributed by atoms with E-state index in [-0.39, 0.29) is 5.56 Å². The second-order valence-corrected chi connectivity index (χ2v) is 7.75. The molecule has 5 heteroatoms. The average Bonchev–Trinajstić information content (AvgIpc) is 3.12. The van der Waals surface area contributed by atoms with Crippen LogP contribution in [0, 0.1) is 0 Å². The van der Waals surface area contributed by atoms with Crippen LogP contribution in [0.5, 0.6) is 0 Å². The van der Waals surface area contributed by atoms with Gasteiger partial charge in [0.05, 0.1) is 11.9 Å². The molecule has 2 aliphatic rings. The summed E-state index contributed by atoms with van der Waals surface area (Å²) in [5.41, 5.74) is 1.51. The second kappa shape index (κ2) is 5.46. The van der Waals surface area contributed by atoms with Crippen LogP contribution < -0.4 is 10.9 Å². The van der Waals surface area contributed by atoms with E-state index in [1.165, 1.54) is 16.9 Å². The van der Waals surface area contributed by atoms with Gasteiger partial charge in [0.25, 0.3) is 5.56 Å². The molecule has 0 bridgehead atoms. The minimum Gasteiger partial charge on any atom is -0.307 e. The third-order valence-corrected chi connectivity index (χ3v) is 6.16. The molecule has 4 rings (SSSR count). The molecule has 0 amide bonds. The molecule has 1 unspecified atom stereocenters. The number of hydrogen-bond donors (Lipinski definition) is 1. The number of rotatable bonds is 5. The van der Waals surface area contributed by atoms with Gasteiger partial charge in [-0.1, -0.05) is 6.92 Å². The minimum absolute atomic E-state index is 0.216. The first-order chi connectivity index (χ1) is 10.7. The van der Waals surface area contributed by atoms with Crippen LogP contribution in [0.1, 0.15) is 61.8 Å². The van der Waals surface area contributed by atoms with Crippen LogP contribution in [0.2, 0.25) is 0 Å². The smallest absolute Gasteiger partial charge is 0.262 e. The van der Waals surface area contributed by atoms with E-state index in [0.717, 1.165) is 48.1 Å². The molecule has 2 aromatic heterocycles. The molecule has 0 aromatic carbocycles. The summed E-state index contributed by atoms with van der Waals surface area (Å²) in [6, 6.07) is 0.837. The van der Waals surface area contributed by atoms with Gasteiger partial charge >= 0.3 is 0 Å². The lowest BCUT2D eigenvalue weighted by Gasteiger charge is -2.15. The van der Waals surface area contributed by atoms with Crippen molar-refractivity contribution in [1.82, 2.24) is 14.9 Å². The van der Waals surface area contributed by atoms with Gasteiger partial charge in [-0.25, -0.2) is 4.98 Å². The zero-order valence-electron chi connectivity index (χ0n) is 13.3. The first-order valence-corrected chi connectivity index (χ1v) is 9.29. The van der Waals surface area contributed by atoms with E-state index in [1.807, 2.05) is 4.57 Å². The molecule has 0 spiro atoms. The second-order valence-electron chi connectivity index (χ2n) is 6.66. The van der Waals surface area contributed by atoms with Crippen molar-refractivity contribution in [2.45, 2.75) is 71.0 Å².